The maximum absolute atomic E-state index is 12.5. The second kappa shape index (κ2) is 10.5. The molecule has 0 spiro atoms. The molecule has 0 heterocycles. The first kappa shape index (κ1) is 19.8. The monoisotopic (exact) mass is 307 g/mol. The third kappa shape index (κ3) is 6.38. The maximum Gasteiger partial charge on any atom is 0.167 e. The zero-order chi connectivity index (χ0) is 16.4. The molecule has 0 saturated carbocycles. The van der Waals surface area contributed by atoms with Crippen LogP contribution in [0.4, 0.5) is 0 Å². The number of carbonyl (C=O) groups excluding carboxylic acids is 1. The van der Waals surface area contributed by atoms with E-state index in [2.05, 4.69) is 13.5 Å². The number of allylic oxidation sites excluding steroid dienone is 1. The summed E-state index contributed by atoms with van der Waals surface area (Å²) in [6.45, 7) is 12.7. The molecule has 1 rings (SSSR count). The van der Waals surface area contributed by atoms with E-state index in [4.69, 9.17) is 0 Å². The summed E-state index contributed by atoms with van der Waals surface area (Å²) in [5.74, 6) is 0.255. The summed E-state index contributed by atoms with van der Waals surface area (Å²) in [4.78, 5) is 15.7. The minimum atomic E-state index is 0.0295. The van der Waals surface area contributed by atoms with Crippen molar-refractivity contribution >= 4 is 17.5 Å². The van der Waals surface area contributed by atoms with Crippen molar-refractivity contribution in [1.29, 1.82) is 0 Å². The van der Waals surface area contributed by atoms with Gasteiger partial charge in [-0.25, -0.2) is 0 Å². The Morgan fingerprint density at radius 2 is 1.81 bits per heavy atom. The second-order valence-electron chi connectivity index (χ2n) is 4.81. The predicted molar refractivity (Wildman–Crippen MR) is 95.1 cm³/mol. The fourth-order valence-electron chi connectivity index (χ4n) is 1.87. The van der Waals surface area contributed by atoms with Gasteiger partial charge in [-0.05, 0) is 31.7 Å². The van der Waals surface area contributed by atoms with Gasteiger partial charge in [-0.3, -0.25) is 4.79 Å². The highest BCUT2D eigenvalue weighted by molar-refractivity contribution is 7.98. The van der Waals surface area contributed by atoms with Gasteiger partial charge in [0.05, 0.1) is 0 Å². The minimum absolute atomic E-state index is 0.0295. The SMILES string of the molecule is C=C(C)N(C)CC(CC)C(=O)c1ccc(SC)cc1.CC. The molecule has 0 radical (unpaired) electrons. The highest BCUT2D eigenvalue weighted by atomic mass is 32.2. The van der Waals surface area contributed by atoms with Crippen LogP contribution in [-0.2, 0) is 0 Å². The first-order valence-corrected chi connectivity index (χ1v) is 8.77. The van der Waals surface area contributed by atoms with Crippen LogP contribution in [0.15, 0.2) is 41.4 Å². The molecule has 1 unspecified atom stereocenters. The van der Waals surface area contributed by atoms with E-state index < -0.39 is 0 Å². The number of thioether (sulfide) groups is 1. The van der Waals surface area contributed by atoms with Gasteiger partial charge in [0.1, 0.15) is 0 Å². The van der Waals surface area contributed by atoms with Crippen LogP contribution in [0.2, 0.25) is 0 Å². The van der Waals surface area contributed by atoms with Crippen molar-refractivity contribution in [2.75, 3.05) is 19.8 Å². The Labute approximate surface area is 134 Å². The molecule has 3 heteroatoms. The van der Waals surface area contributed by atoms with E-state index in [1.165, 1.54) is 4.90 Å². The molecule has 2 nitrogen and oxygen atoms in total. The largest absolute Gasteiger partial charge is 0.378 e. The Hall–Kier alpha value is -1.22. The highest BCUT2D eigenvalue weighted by Crippen LogP contribution is 2.19. The lowest BCUT2D eigenvalue weighted by Crippen LogP contribution is -2.28. The van der Waals surface area contributed by atoms with Gasteiger partial charge in [0.2, 0.25) is 0 Å². The highest BCUT2D eigenvalue weighted by Gasteiger charge is 2.19. The summed E-state index contributed by atoms with van der Waals surface area (Å²) in [6.07, 6.45) is 2.88. The van der Waals surface area contributed by atoms with Gasteiger partial charge in [-0.1, -0.05) is 39.5 Å². The summed E-state index contributed by atoms with van der Waals surface area (Å²) >= 11 is 1.69. The third-order valence-corrected chi connectivity index (χ3v) is 4.13. The van der Waals surface area contributed by atoms with Gasteiger partial charge in [0.15, 0.2) is 5.78 Å². The van der Waals surface area contributed by atoms with E-state index in [1.807, 2.05) is 63.2 Å². The Morgan fingerprint density at radius 3 is 2.19 bits per heavy atom. The Kier molecular flexibility index (Phi) is 9.89. The summed E-state index contributed by atoms with van der Waals surface area (Å²) in [5.41, 5.74) is 1.80. The van der Waals surface area contributed by atoms with Crippen LogP contribution in [0.3, 0.4) is 0 Å². The van der Waals surface area contributed by atoms with Gasteiger partial charge in [0.25, 0.3) is 0 Å². The predicted octanol–water partition coefficient (Wildman–Crippen LogP) is 5.11. The molecule has 1 aromatic rings. The van der Waals surface area contributed by atoms with Crippen molar-refractivity contribution in [2.24, 2.45) is 5.92 Å². The number of benzene rings is 1. The fraction of sp³-hybridized carbons (Fsp3) is 0.500. The van der Waals surface area contributed by atoms with E-state index in [0.717, 1.165) is 24.2 Å². The topological polar surface area (TPSA) is 20.3 Å². The van der Waals surface area contributed by atoms with Crippen molar-refractivity contribution in [3.63, 3.8) is 0 Å². The zero-order valence-electron chi connectivity index (χ0n) is 14.3. The van der Waals surface area contributed by atoms with E-state index in [1.54, 1.807) is 11.8 Å². The summed E-state index contributed by atoms with van der Waals surface area (Å²) < 4.78 is 0. The molecule has 0 N–H and O–H groups in total. The number of Topliss-reactive ketones (excluding diaryl/α,β-unsaturated/α-hetero) is 1. The standard InChI is InChI=1S/C16H23NOS.C2H6/c1-6-13(11-17(4)12(2)3)16(18)14-7-9-15(19-5)10-8-14;1-2/h7-10,13H,2,6,11H2,1,3-5H3;1-2H3. The number of ketones is 1. The van der Waals surface area contributed by atoms with Gasteiger partial charge in [-0.15, -0.1) is 11.8 Å². The lowest BCUT2D eigenvalue weighted by atomic mass is 9.94. The van der Waals surface area contributed by atoms with Crippen LogP contribution in [0.25, 0.3) is 0 Å². The van der Waals surface area contributed by atoms with Gasteiger partial charge in [-0.2, -0.15) is 0 Å². The number of rotatable bonds is 7. The molecule has 0 aliphatic rings. The number of hydrogen-bond acceptors (Lipinski definition) is 3. The number of carbonyl (C=O) groups is 1. The Bertz CT molecular complexity index is 439. The van der Waals surface area contributed by atoms with E-state index in [0.29, 0.717) is 0 Å². The molecule has 1 aromatic carbocycles. The van der Waals surface area contributed by atoms with Crippen LogP contribution in [0.5, 0.6) is 0 Å². The Balaban J connectivity index is 0.00000191. The van der Waals surface area contributed by atoms with Crippen molar-refractivity contribution in [3.8, 4) is 0 Å². The van der Waals surface area contributed by atoms with E-state index in [-0.39, 0.29) is 11.7 Å². The average Bonchev–Trinajstić information content (AvgIpc) is 2.53. The van der Waals surface area contributed by atoms with Crippen LogP contribution < -0.4 is 0 Å². The molecule has 118 valence electrons. The number of nitrogens with zero attached hydrogens (tertiary/aromatic N) is 1. The minimum Gasteiger partial charge on any atom is -0.378 e. The van der Waals surface area contributed by atoms with Crippen molar-refractivity contribution < 1.29 is 4.79 Å². The molecule has 0 bridgehead atoms. The molecule has 0 aliphatic heterocycles. The summed E-state index contributed by atoms with van der Waals surface area (Å²) in [5, 5.41) is 0. The normalized spacial score (nSPS) is 11.1. The van der Waals surface area contributed by atoms with Crippen LogP contribution in [0, 0.1) is 5.92 Å². The maximum atomic E-state index is 12.5. The van der Waals surface area contributed by atoms with E-state index in [9.17, 15) is 4.79 Å². The van der Waals surface area contributed by atoms with Crippen LogP contribution in [0.1, 0.15) is 44.5 Å². The molecule has 21 heavy (non-hydrogen) atoms. The average molecular weight is 308 g/mol. The molecule has 0 aliphatic carbocycles. The van der Waals surface area contributed by atoms with Crippen LogP contribution in [-0.4, -0.2) is 30.5 Å². The van der Waals surface area contributed by atoms with Gasteiger partial charge >= 0.3 is 0 Å². The third-order valence-electron chi connectivity index (χ3n) is 3.38. The lowest BCUT2D eigenvalue weighted by molar-refractivity contribution is 0.0896. The summed E-state index contributed by atoms with van der Waals surface area (Å²) in [6, 6.07) is 7.87. The Morgan fingerprint density at radius 1 is 1.29 bits per heavy atom. The van der Waals surface area contributed by atoms with Crippen LogP contribution >= 0.6 is 11.8 Å². The molecule has 0 aromatic heterocycles. The second-order valence-corrected chi connectivity index (χ2v) is 5.69. The smallest absolute Gasteiger partial charge is 0.167 e. The van der Waals surface area contributed by atoms with Gasteiger partial charge < -0.3 is 4.90 Å². The van der Waals surface area contributed by atoms with Gasteiger partial charge in [0, 0.05) is 35.7 Å². The first-order chi connectivity index (χ1) is 9.99. The molecule has 1 atom stereocenters. The lowest BCUT2D eigenvalue weighted by Gasteiger charge is -2.24. The molecule has 0 saturated heterocycles. The van der Waals surface area contributed by atoms with E-state index >= 15 is 0 Å². The quantitative estimate of drug-likeness (QED) is 0.516. The molecular weight excluding hydrogens is 278 g/mol. The molecule has 0 amide bonds. The summed E-state index contributed by atoms with van der Waals surface area (Å²) in [7, 11) is 1.98. The molecule has 0 fully saturated rings. The van der Waals surface area contributed by atoms with Crippen molar-refractivity contribution in [1.82, 2.24) is 4.90 Å². The molecular formula is C18H29NOS. The van der Waals surface area contributed by atoms with Crippen molar-refractivity contribution in [2.45, 2.75) is 39.0 Å². The fourth-order valence-corrected chi connectivity index (χ4v) is 2.28. The zero-order valence-corrected chi connectivity index (χ0v) is 15.1. The first-order valence-electron chi connectivity index (χ1n) is 7.54. The van der Waals surface area contributed by atoms with Crippen molar-refractivity contribution in [3.05, 3.63) is 42.1 Å². The number of hydrogen-bond donors (Lipinski definition) is 0.